The van der Waals surface area contributed by atoms with Crippen molar-refractivity contribution in [2.24, 2.45) is 5.92 Å². The molecular weight excluding hydrogens is 366 g/mol. The van der Waals surface area contributed by atoms with Crippen LogP contribution < -0.4 is 5.32 Å². The third-order valence-electron chi connectivity index (χ3n) is 6.79. The molecule has 7 nitrogen and oxygen atoms in total. The van der Waals surface area contributed by atoms with Crippen molar-refractivity contribution >= 4 is 11.8 Å². The second-order valence-corrected chi connectivity index (χ2v) is 8.53. The van der Waals surface area contributed by atoms with Crippen molar-refractivity contribution in [3.05, 3.63) is 17.0 Å². The quantitative estimate of drug-likeness (QED) is 0.699. The number of likely N-dealkylation sites (tertiary alicyclic amines) is 2. The van der Waals surface area contributed by atoms with E-state index in [0.29, 0.717) is 24.1 Å². The van der Waals surface area contributed by atoms with E-state index in [9.17, 15) is 9.59 Å². The van der Waals surface area contributed by atoms with Crippen molar-refractivity contribution in [2.75, 3.05) is 32.7 Å². The van der Waals surface area contributed by atoms with Crippen LogP contribution in [0.2, 0.25) is 0 Å². The zero-order valence-electron chi connectivity index (χ0n) is 18.3. The summed E-state index contributed by atoms with van der Waals surface area (Å²) in [5.41, 5.74) is 2.57. The third kappa shape index (κ3) is 5.38. The van der Waals surface area contributed by atoms with Crippen LogP contribution in [0.1, 0.15) is 74.1 Å². The van der Waals surface area contributed by atoms with Crippen molar-refractivity contribution in [1.82, 2.24) is 25.3 Å². The van der Waals surface area contributed by atoms with Crippen LogP contribution in [0.25, 0.3) is 0 Å². The Kier molecular flexibility index (Phi) is 7.70. The molecule has 3 heterocycles. The summed E-state index contributed by atoms with van der Waals surface area (Å²) in [5, 5.41) is 10.3. The van der Waals surface area contributed by atoms with Gasteiger partial charge in [0.05, 0.1) is 0 Å². The van der Waals surface area contributed by atoms with Gasteiger partial charge in [-0.15, -0.1) is 0 Å². The van der Waals surface area contributed by atoms with Gasteiger partial charge in [0.15, 0.2) is 5.69 Å². The van der Waals surface area contributed by atoms with E-state index in [-0.39, 0.29) is 11.8 Å². The number of carbonyl (C=O) groups excluding carboxylic acids is 2. The number of aromatic nitrogens is 2. The summed E-state index contributed by atoms with van der Waals surface area (Å²) in [6.45, 7) is 10.7. The number of amides is 2. The largest absolute Gasteiger partial charge is 0.355 e. The highest BCUT2D eigenvalue weighted by Crippen LogP contribution is 2.24. The summed E-state index contributed by atoms with van der Waals surface area (Å²) in [4.78, 5) is 29.4. The monoisotopic (exact) mass is 403 g/mol. The lowest BCUT2D eigenvalue weighted by atomic mass is 9.91. The molecule has 0 bridgehead atoms. The summed E-state index contributed by atoms with van der Waals surface area (Å²) in [5.74, 6) is 0.729. The molecule has 0 spiro atoms. The first kappa shape index (κ1) is 21.8. The van der Waals surface area contributed by atoms with Gasteiger partial charge in [-0.05, 0) is 64.5 Å². The maximum absolute atomic E-state index is 12.8. The molecule has 2 saturated heterocycles. The van der Waals surface area contributed by atoms with Gasteiger partial charge in [0.25, 0.3) is 5.91 Å². The van der Waals surface area contributed by atoms with Gasteiger partial charge in [0, 0.05) is 43.4 Å². The van der Waals surface area contributed by atoms with Gasteiger partial charge in [-0.1, -0.05) is 13.8 Å². The fourth-order valence-corrected chi connectivity index (χ4v) is 4.76. The third-order valence-corrected chi connectivity index (χ3v) is 6.79. The minimum Gasteiger partial charge on any atom is -0.355 e. The van der Waals surface area contributed by atoms with E-state index in [2.05, 4.69) is 34.3 Å². The van der Waals surface area contributed by atoms with Crippen LogP contribution in [0.3, 0.4) is 0 Å². The van der Waals surface area contributed by atoms with Gasteiger partial charge in [-0.2, -0.15) is 5.10 Å². The molecule has 0 unspecified atom stereocenters. The summed E-state index contributed by atoms with van der Waals surface area (Å²) >= 11 is 0. The average molecular weight is 404 g/mol. The Hall–Kier alpha value is -1.89. The molecule has 0 radical (unpaired) electrons. The molecule has 0 saturated carbocycles. The van der Waals surface area contributed by atoms with Gasteiger partial charge < -0.3 is 10.2 Å². The zero-order chi connectivity index (χ0) is 20.8. The summed E-state index contributed by atoms with van der Waals surface area (Å²) in [7, 11) is 0. The Bertz CT molecular complexity index is 693. The molecule has 2 fully saturated rings. The minimum atomic E-state index is 0.0340. The Labute approximate surface area is 174 Å². The van der Waals surface area contributed by atoms with E-state index in [4.69, 9.17) is 0 Å². The van der Waals surface area contributed by atoms with E-state index in [0.717, 1.165) is 69.7 Å². The number of likely N-dealkylation sites (N-methyl/N-ethyl adjacent to an activating group) is 1. The normalized spacial score (nSPS) is 20.9. The number of aromatic amines is 1. The fraction of sp³-hybridized carbons (Fsp3) is 0.773. The van der Waals surface area contributed by atoms with Crippen molar-refractivity contribution in [2.45, 2.75) is 71.8 Å². The van der Waals surface area contributed by atoms with Crippen LogP contribution in [-0.4, -0.2) is 70.6 Å². The van der Waals surface area contributed by atoms with Crippen LogP contribution >= 0.6 is 0 Å². The Morgan fingerprint density at radius 1 is 1.17 bits per heavy atom. The first-order chi connectivity index (χ1) is 14.0. The van der Waals surface area contributed by atoms with Crippen molar-refractivity contribution in [1.29, 1.82) is 0 Å². The molecule has 3 rings (SSSR count). The van der Waals surface area contributed by atoms with Crippen LogP contribution in [0.4, 0.5) is 0 Å². The molecule has 0 aliphatic carbocycles. The maximum Gasteiger partial charge on any atom is 0.274 e. The SMILES string of the molecule is CCc1[nH]nc(C(=O)N2CCC(CCC(=O)NC[C@H]3CCCN3CC)CC2)c1C. The number of hydrogen-bond donors (Lipinski definition) is 2. The second kappa shape index (κ2) is 10.2. The highest BCUT2D eigenvalue weighted by molar-refractivity contribution is 5.94. The lowest BCUT2D eigenvalue weighted by Gasteiger charge is -2.31. The zero-order valence-corrected chi connectivity index (χ0v) is 18.3. The van der Waals surface area contributed by atoms with Gasteiger partial charge >= 0.3 is 0 Å². The van der Waals surface area contributed by atoms with Gasteiger partial charge in [0.1, 0.15) is 0 Å². The maximum atomic E-state index is 12.8. The van der Waals surface area contributed by atoms with Crippen LogP contribution in [0.5, 0.6) is 0 Å². The number of rotatable bonds is 8. The number of piperidine rings is 1. The van der Waals surface area contributed by atoms with E-state index >= 15 is 0 Å². The molecule has 2 aliphatic rings. The fourth-order valence-electron chi connectivity index (χ4n) is 4.76. The molecule has 29 heavy (non-hydrogen) atoms. The minimum absolute atomic E-state index is 0.0340. The van der Waals surface area contributed by atoms with Crippen molar-refractivity contribution < 1.29 is 9.59 Å². The van der Waals surface area contributed by atoms with E-state index < -0.39 is 0 Å². The average Bonchev–Trinajstić information content (AvgIpc) is 3.36. The van der Waals surface area contributed by atoms with E-state index in [1.807, 2.05) is 11.8 Å². The molecule has 2 N–H and O–H groups in total. The molecule has 2 aliphatic heterocycles. The molecule has 1 aromatic heterocycles. The number of hydrogen-bond acceptors (Lipinski definition) is 4. The summed E-state index contributed by atoms with van der Waals surface area (Å²) < 4.78 is 0. The Balaban J connectivity index is 1.37. The van der Waals surface area contributed by atoms with Crippen LogP contribution in [0.15, 0.2) is 0 Å². The number of nitrogens with one attached hydrogen (secondary N) is 2. The van der Waals surface area contributed by atoms with Gasteiger partial charge in [0.2, 0.25) is 5.91 Å². The number of H-pyrrole nitrogens is 1. The molecule has 2 amide bonds. The second-order valence-electron chi connectivity index (χ2n) is 8.53. The van der Waals surface area contributed by atoms with Crippen molar-refractivity contribution in [3.8, 4) is 0 Å². The first-order valence-electron chi connectivity index (χ1n) is 11.4. The van der Waals surface area contributed by atoms with E-state index in [1.54, 1.807) is 0 Å². The smallest absolute Gasteiger partial charge is 0.274 e. The number of aryl methyl sites for hydroxylation is 1. The van der Waals surface area contributed by atoms with Crippen molar-refractivity contribution in [3.63, 3.8) is 0 Å². The van der Waals surface area contributed by atoms with Gasteiger partial charge in [-0.25, -0.2) is 0 Å². The number of carbonyl (C=O) groups is 2. The van der Waals surface area contributed by atoms with E-state index in [1.165, 1.54) is 12.8 Å². The lowest BCUT2D eigenvalue weighted by molar-refractivity contribution is -0.121. The van der Waals surface area contributed by atoms with Gasteiger partial charge in [-0.3, -0.25) is 19.6 Å². The first-order valence-corrected chi connectivity index (χ1v) is 11.4. The van der Waals surface area contributed by atoms with Crippen LogP contribution in [0, 0.1) is 12.8 Å². The predicted octanol–water partition coefficient (Wildman–Crippen LogP) is 2.51. The number of nitrogens with zero attached hydrogens (tertiary/aromatic N) is 3. The molecule has 7 heteroatoms. The molecule has 0 aromatic carbocycles. The molecular formula is C22H37N5O2. The molecule has 1 atom stereocenters. The molecule has 162 valence electrons. The topological polar surface area (TPSA) is 81.3 Å². The standard InChI is InChI=1S/C22H37N5O2/c1-4-19-16(3)21(25-24-19)22(29)27-13-10-17(11-14-27)8-9-20(28)23-15-18-7-6-12-26(18)5-2/h17-18H,4-15H2,1-3H3,(H,23,28)(H,24,25)/t18-/m1/s1. The highest BCUT2D eigenvalue weighted by Gasteiger charge is 2.27. The summed E-state index contributed by atoms with van der Waals surface area (Å²) in [6.07, 6.45) is 6.73. The predicted molar refractivity (Wildman–Crippen MR) is 114 cm³/mol. The molecule has 1 aromatic rings. The Morgan fingerprint density at radius 2 is 1.93 bits per heavy atom. The lowest BCUT2D eigenvalue weighted by Crippen LogP contribution is -2.40. The van der Waals surface area contributed by atoms with Crippen LogP contribution in [-0.2, 0) is 11.2 Å². The summed E-state index contributed by atoms with van der Waals surface area (Å²) in [6, 6.07) is 0.511. The highest BCUT2D eigenvalue weighted by atomic mass is 16.2. The Morgan fingerprint density at radius 3 is 2.59 bits per heavy atom.